The molecule has 0 bridgehead atoms. The maximum atomic E-state index is 13.1. The smallest absolute Gasteiger partial charge is 0.335 e. The second kappa shape index (κ2) is 8.71. The normalized spacial score (nSPS) is 13.9. The van der Waals surface area contributed by atoms with E-state index in [0.717, 1.165) is 10.5 Å². The zero-order valence-electron chi connectivity index (χ0n) is 16.3. The Morgan fingerprint density at radius 1 is 0.935 bits per heavy atom. The Labute approximate surface area is 183 Å². The first-order chi connectivity index (χ1) is 15.0. The molecule has 1 unspecified atom stereocenters. The van der Waals surface area contributed by atoms with Crippen molar-refractivity contribution in [2.45, 2.75) is 12.6 Å². The molecule has 1 heterocycles. The van der Waals surface area contributed by atoms with Crippen molar-refractivity contribution in [3.63, 3.8) is 0 Å². The molecule has 7 heteroatoms. The number of carboxylic acids is 1. The van der Waals surface area contributed by atoms with Gasteiger partial charge in [-0.1, -0.05) is 54.1 Å². The number of halogens is 1. The Kier molecular flexibility index (Phi) is 5.84. The number of rotatable bonds is 7. The number of amides is 2. The summed E-state index contributed by atoms with van der Waals surface area (Å²) in [5.74, 6) is -2.20. The molecule has 31 heavy (non-hydrogen) atoms. The van der Waals surface area contributed by atoms with Crippen molar-refractivity contribution in [1.82, 2.24) is 4.90 Å². The average Bonchev–Trinajstić information content (AvgIpc) is 3.02. The molecular weight excluding hydrogens is 418 g/mol. The van der Waals surface area contributed by atoms with Gasteiger partial charge in [-0.3, -0.25) is 14.5 Å². The van der Waals surface area contributed by atoms with Crippen LogP contribution in [-0.2, 0) is 11.3 Å². The van der Waals surface area contributed by atoms with Crippen molar-refractivity contribution < 1.29 is 24.2 Å². The van der Waals surface area contributed by atoms with Crippen LogP contribution in [0.15, 0.2) is 72.8 Å². The number of ether oxygens (including phenoxy) is 1. The number of carboxylic acid groups (broad SMARTS) is 1. The van der Waals surface area contributed by atoms with E-state index < -0.39 is 23.8 Å². The Balaban J connectivity index is 1.64. The van der Waals surface area contributed by atoms with Crippen LogP contribution in [0.4, 0.5) is 0 Å². The summed E-state index contributed by atoms with van der Waals surface area (Å²) in [6.07, 6.45) is 0. The zero-order valence-corrected chi connectivity index (χ0v) is 17.1. The minimum atomic E-state index is -1.16. The van der Waals surface area contributed by atoms with Gasteiger partial charge >= 0.3 is 5.97 Å². The predicted molar refractivity (Wildman–Crippen MR) is 114 cm³/mol. The van der Waals surface area contributed by atoms with Gasteiger partial charge in [0.2, 0.25) is 0 Å². The van der Waals surface area contributed by atoms with E-state index in [-0.39, 0.29) is 23.3 Å². The fraction of sp³-hybridized carbons (Fsp3) is 0.125. The van der Waals surface area contributed by atoms with Gasteiger partial charge in [-0.15, -0.1) is 0 Å². The van der Waals surface area contributed by atoms with Crippen molar-refractivity contribution in [2.75, 3.05) is 6.61 Å². The van der Waals surface area contributed by atoms with E-state index in [2.05, 4.69) is 0 Å². The van der Waals surface area contributed by atoms with Crippen molar-refractivity contribution in [3.05, 3.63) is 106 Å². The molecule has 2 amide bonds. The molecule has 0 aromatic heterocycles. The highest BCUT2D eigenvalue weighted by molar-refractivity contribution is 6.30. The molecular formula is C24H18ClNO5. The van der Waals surface area contributed by atoms with Crippen LogP contribution in [0, 0.1) is 0 Å². The maximum absolute atomic E-state index is 13.1. The summed E-state index contributed by atoms with van der Waals surface area (Å²) in [6, 6.07) is 19.6. The number of carbonyl (C=O) groups excluding carboxylic acids is 2. The highest BCUT2D eigenvalue weighted by Gasteiger charge is 2.41. The first kappa shape index (κ1) is 20.8. The molecule has 0 saturated carbocycles. The van der Waals surface area contributed by atoms with Crippen molar-refractivity contribution >= 4 is 29.4 Å². The molecule has 156 valence electrons. The number of carbonyl (C=O) groups is 3. The van der Waals surface area contributed by atoms with Gasteiger partial charge in [0.25, 0.3) is 11.8 Å². The van der Waals surface area contributed by atoms with E-state index in [0.29, 0.717) is 17.2 Å². The molecule has 4 rings (SSSR count). The molecule has 0 aliphatic carbocycles. The van der Waals surface area contributed by atoms with E-state index in [1.165, 1.54) is 18.2 Å². The second-order valence-electron chi connectivity index (χ2n) is 7.11. The quantitative estimate of drug-likeness (QED) is 0.548. The minimum Gasteiger partial charge on any atom is -0.478 e. The molecule has 0 fully saturated rings. The standard InChI is InChI=1S/C24H18ClNO5/c25-18-9-6-16(7-10-18)21(14-31-13-15-4-2-1-3-5-15)26-22(27)19-11-8-17(24(29)30)12-20(19)23(26)28/h1-12,21H,13-14H2,(H,29,30). The lowest BCUT2D eigenvalue weighted by atomic mass is 10.1. The number of hydrogen-bond acceptors (Lipinski definition) is 4. The summed E-state index contributed by atoms with van der Waals surface area (Å²) >= 11 is 6.00. The maximum Gasteiger partial charge on any atom is 0.335 e. The lowest BCUT2D eigenvalue weighted by Crippen LogP contribution is -2.36. The first-order valence-corrected chi connectivity index (χ1v) is 9.96. The van der Waals surface area contributed by atoms with Gasteiger partial charge in [-0.2, -0.15) is 0 Å². The molecule has 1 atom stereocenters. The number of hydrogen-bond donors (Lipinski definition) is 1. The summed E-state index contributed by atoms with van der Waals surface area (Å²) in [6.45, 7) is 0.394. The van der Waals surface area contributed by atoms with Gasteiger partial charge in [0.15, 0.2) is 0 Å². The Bertz CT molecular complexity index is 1140. The Morgan fingerprint density at radius 2 is 1.61 bits per heavy atom. The van der Waals surface area contributed by atoms with Crippen LogP contribution >= 0.6 is 11.6 Å². The molecule has 0 spiro atoms. The van der Waals surface area contributed by atoms with Crippen molar-refractivity contribution in [2.24, 2.45) is 0 Å². The molecule has 1 aliphatic rings. The van der Waals surface area contributed by atoms with Crippen LogP contribution in [0.5, 0.6) is 0 Å². The lowest BCUT2D eigenvalue weighted by molar-refractivity contribution is 0.0359. The second-order valence-corrected chi connectivity index (χ2v) is 7.55. The van der Waals surface area contributed by atoms with Crippen molar-refractivity contribution in [3.8, 4) is 0 Å². The molecule has 1 N–H and O–H groups in total. The largest absolute Gasteiger partial charge is 0.478 e. The molecule has 0 saturated heterocycles. The van der Waals surface area contributed by atoms with Crippen LogP contribution in [-0.4, -0.2) is 34.4 Å². The number of nitrogens with zero attached hydrogens (tertiary/aromatic N) is 1. The minimum absolute atomic E-state index is 0.0508. The predicted octanol–water partition coefficient (Wildman–Crippen LogP) is 4.59. The zero-order chi connectivity index (χ0) is 22.0. The number of imide groups is 1. The first-order valence-electron chi connectivity index (χ1n) is 9.58. The van der Waals surface area contributed by atoms with E-state index in [4.69, 9.17) is 16.3 Å². The monoisotopic (exact) mass is 435 g/mol. The third-order valence-electron chi connectivity index (χ3n) is 5.12. The SMILES string of the molecule is O=C(O)c1ccc2c(c1)C(=O)N(C(COCc1ccccc1)c1ccc(Cl)cc1)C2=O. The van der Waals surface area contributed by atoms with Gasteiger partial charge in [0.05, 0.1) is 35.9 Å². The van der Waals surface area contributed by atoms with Crippen LogP contribution in [0.3, 0.4) is 0 Å². The fourth-order valence-electron chi connectivity index (χ4n) is 3.54. The third kappa shape index (κ3) is 4.21. The number of benzene rings is 3. The van der Waals surface area contributed by atoms with Gasteiger partial charge in [0.1, 0.15) is 0 Å². The molecule has 3 aromatic carbocycles. The fourth-order valence-corrected chi connectivity index (χ4v) is 3.67. The summed E-state index contributed by atoms with van der Waals surface area (Å²) < 4.78 is 5.86. The number of aromatic carboxylic acids is 1. The average molecular weight is 436 g/mol. The Hall–Kier alpha value is -3.48. The van der Waals surface area contributed by atoms with Gasteiger partial charge < -0.3 is 9.84 Å². The lowest BCUT2D eigenvalue weighted by Gasteiger charge is -2.26. The number of fused-ring (bicyclic) bond motifs is 1. The molecule has 1 aliphatic heterocycles. The van der Waals surface area contributed by atoms with Gasteiger partial charge in [0, 0.05) is 5.02 Å². The van der Waals surface area contributed by atoms with E-state index in [1.807, 2.05) is 30.3 Å². The molecule has 6 nitrogen and oxygen atoms in total. The van der Waals surface area contributed by atoms with Crippen molar-refractivity contribution in [1.29, 1.82) is 0 Å². The van der Waals surface area contributed by atoms with E-state index in [1.54, 1.807) is 24.3 Å². The summed E-state index contributed by atoms with van der Waals surface area (Å²) in [5, 5.41) is 9.76. The van der Waals surface area contributed by atoms with Gasteiger partial charge in [-0.05, 0) is 41.5 Å². The topological polar surface area (TPSA) is 83.9 Å². The van der Waals surface area contributed by atoms with Gasteiger partial charge in [-0.25, -0.2) is 4.79 Å². The summed E-state index contributed by atoms with van der Waals surface area (Å²) in [4.78, 5) is 38.6. The van der Waals surface area contributed by atoms with Crippen LogP contribution in [0.25, 0.3) is 0 Å². The van der Waals surface area contributed by atoms with E-state index >= 15 is 0 Å². The third-order valence-corrected chi connectivity index (χ3v) is 5.37. The van der Waals surface area contributed by atoms with Crippen LogP contribution in [0.2, 0.25) is 5.02 Å². The highest BCUT2D eigenvalue weighted by Crippen LogP contribution is 2.33. The highest BCUT2D eigenvalue weighted by atomic mass is 35.5. The Morgan fingerprint density at radius 3 is 2.29 bits per heavy atom. The summed E-state index contributed by atoms with van der Waals surface area (Å²) in [7, 11) is 0. The molecule has 3 aromatic rings. The van der Waals surface area contributed by atoms with Crippen LogP contribution < -0.4 is 0 Å². The van der Waals surface area contributed by atoms with E-state index in [9.17, 15) is 19.5 Å². The molecule has 0 radical (unpaired) electrons. The summed E-state index contributed by atoms with van der Waals surface area (Å²) in [5.41, 5.74) is 1.85. The van der Waals surface area contributed by atoms with Crippen LogP contribution in [0.1, 0.15) is 48.2 Å².